The third-order valence-corrected chi connectivity index (χ3v) is 7.81. The number of rotatable bonds is 11. The van der Waals surface area contributed by atoms with Gasteiger partial charge in [-0.25, -0.2) is 9.80 Å². The maximum atomic E-state index is 13.3. The Morgan fingerprint density at radius 1 is 0.894 bits per heavy atom. The van der Waals surface area contributed by atoms with Crippen LogP contribution >= 0.6 is 11.6 Å². The fraction of sp³-hybridized carbons (Fsp3) is 0.630. The summed E-state index contributed by atoms with van der Waals surface area (Å²) in [6.45, 7) is 8.28. The smallest absolute Gasteiger partial charge is 0.330 e. The zero-order valence-electron chi connectivity index (χ0n) is 26.8. The molecular formula is C27H34ClN7O12. The highest BCUT2D eigenvalue weighted by Gasteiger charge is 2.62. The number of tetrazole rings is 1. The largest absolute Gasteiger partial charge is 0.467 e. The topological polar surface area (TPSA) is 220 Å². The number of halogens is 1. The number of carbonyl (C=O) groups is 6. The van der Waals surface area contributed by atoms with Crippen molar-refractivity contribution in [2.75, 3.05) is 18.7 Å². The molecule has 0 bridgehead atoms. The van der Waals surface area contributed by atoms with E-state index in [1.807, 2.05) is 0 Å². The normalized spacial score (nSPS) is 20.7. The predicted octanol–water partition coefficient (Wildman–Crippen LogP) is 0.0486. The van der Waals surface area contributed by atoms with Gasteiger partial charge in [0.1, 0.15) is 18.3 Å². The molecule has 0 radical (unpaired) electrons. The van der Waals surface area contributed by atoms with Crippen molar-refractivity contribution in [3.63, 3.8) is 0 Å². The van der Waals surface area contributed by atoms with E-state index in [1.165, 1.54) is 12.1 Å². The molecule has 0 spiro atoms. The first-order valence-electron chi connectivity index (χ1n) is 14.3. The second-order valence-corrected chi connectivity index (χ2v) is 11.6. The summed E-state index contributed by atoms with van der Waals surface area (Å²) in [6, 6.07) is -2.16. The monoisotopic (exact) mass is 683 g/mol. The number of methoxy groups -OCH3 is 1. The number of carbonyl (C=O) groups excluding carboxylic acids is 6. The Morgan fingerprint density at radius 3 is 2.04 bits per heavy atom. The van der Waals surface area contributed by atoms with Gasteiger partial charge in [-0.1, -0.05) is 11.6 Å². The van der Waals surface area contributed by atoms with Gasteiger partial charge >= 0.3 is 35.8 Å². The highest BCUT2D eigenvalue weighted by molar-refractivity contribution is 6.32. The van der Waals surface area contributed by atoms with Crippen molar-refractivity contribution in [3.8, 4) is 0 Å². The van der Waals surface area contributed by atoms with Gasteiger partial charge in [-0.15, -0.1) is 14.8 Å². The van der Waals surface area contributed by atoms with Crippen molar-refractivity contribution in [2.45, 2.75) is 96.9 Å². The summed E-state index contributed by atoms with van der Waals surface area (Å²) >= 11 is 6.66. The van der Waals surface area contributed by atoms with Gasteiger partial charge in [-0.3, -0.25) is 29.0 Å². The third-order valence-electron chi connectivity index (χ3n) is 7.55. The van der Waals surface area contributed by atoms with E-state index in [9.17, 15) is 28.8 Å². The van der Waals surface area contributed by atoms with Gasteiger partial charge < -0.3 is 28.4 Å². The molecule has 2 aromatic rings. The summed E-state index contributed by atoms with van der Waals surface area (Å²) in [5.41, 5.74) is -0.197. The number of nitrogens with zero attached hydrogens (tertiary/aromatic N) is 7. The van der Waals surface area contributed by atoms with E-state index in [4.69, 9.17) is 40.0 Å². The number of fused-ring (bicyclic) bond motifs is 5. The van der Waals surface area contributed by atoms with Crippen LogP contribution in [-0.4, -0.2) is 116 Å². The average Bonchev–Trinajstić information content (AvgIpc) is 3.64. The number of hydrazine groups is 1. The lowest BCUT2D eigenvalue weighted by molar-refractivity contribution is -0.208. The van der Waals surface area contributed by atoms with Crippen LogP contribution in [0.5, 0.6) is 0 Å². The molecule has 2 aliphatic heterocycles. The highest BCUT2D eigenvalue weighted by Crippen LogP contribution is 2.54. The van der Waals surface area contributed by atoms with Crippen molar-refractivity contribution in [1.82, 2.24) is 30.3 Å². The molecule has 0 N–H and O–H groups in total. The maximum Gasteiger partial charge on any atom is 0.330 e. The molecule has 256 valence electrons. The van der Waals surface area contributed by atoms with Gasteiger partial charge in [-0.05, 0) is 24.3 Å². The van der Waals surface area contributed by atoms with E-state index >= 15 is 0 Å². The van der Waals surface area contributed by atoms with Gasteiger partial charge in [0.15, 0.2) is 29.6 Å². The van der Waals surface area contributed by atoms with Crippen LogP contribution in [0.2, 0.25) is 5.15 Å². The molecule has 0 saturated carbocycles. The number of hydrogen-bond acceptors (Lipinski definition) is 18. The van der Waals surface area contributed by atoms with Crippen LogP contribution in [0.15, 0.2) is 0 Å². The molecule has 1 fully saturated rings. The van der Waals surface area contributed by atoms with Crippen LogP contribution in [0.4, 0.5) is 5.69 Å². The lowest BCUT2D eigenvalue weighted by Crippen LogP contribution is -2.60. The molecule has 0 aliphatic carbocycles. The number of anilines is 1. The SMILES string of the molecule is COC(=O)[C@@H]1C[C@@H]([C@H](OC(C)=O)[C@@H](OC(C)=O)[C@@H](OC(C)=O)[C@@H](COC(C)=O)OC(C)=O)N2N1c1c(Cl)nn3nnnc3c1C2(C)C. The molecule has 0 unspecified atom stereocenters. The molecule has 4 heterocycles. The molecule has 4 rings (SSSR count). The molecule has 1 saturated heterocycles. The lowest BCUT2D eigenvalue weighted by atomic mass is 9.88. The number of ether oxygens (including phenoxy) is 6. The van der Waals surface area contributed by atoms with Gasteiger partial charge in [0.05, 0.1) is 24.3 Å². The Kier molecular flexibility index (Phi) is 10.2. The quantitative estimate of drug-likeness (QED) is 0.225. The van der Waals surface area contributed by atoms with E-state index in [1.54, 1.807) is 18.9 Å². The Hall–Kier alpha value is -4.65. The fourth-order valence-electron chi connectivity index (χ4n) is 6.14. The Labute approximate surface area is 272 Å². The number of hydrogen-bond donors (Lipinski definition) is 0. The summed E-state index contributed by atoms with van der Waals surface area (Å²) in [7, 11) is 1.19. The molecule has 0 aromatic carbocycles. The van der Waals surface area contributed by atoms with Gasteiger partial charge in [0.25, 0.3) is 0 Å². The van der Waals surface area contributed by atoms with Crippen molar-refractivity contribution in [2.24, 2.45) is 0 Å². The summed E-state index contributed by atoms with van der Waals surface area (Å²) < 4.78 is 33.8. The second kappa shape index (κ2) is 13.6. The van der Waals surface area contributed by atoms with E-state index in [0.717, 1.165) is 39.2 Å². The summed E-state index contributed by atoms with van der Waals surface area (Å²) in [5.74, 6) is -4.96. The highest BCUT2D eigenvalue weighted by atomic mass is 35.5. The molecule has 2 aromatic heterocycles. The van der Waals surface area contributed by atoms with Crippen molar-refractivity contribution >= 4 is 58.8 Å². The van der Waals surface area contributed by atoms with Crippen LogP contribution in [0.3, 0.4) is 0 Å². The number of esters is 6. The molecule has 19 nitrogen and oxygen atoms in total. The molecule has 47 heavy (non-hydrogen) atoms. The average molecular weight is 684 g/mol. The minimum absolute atomic E-state index is 0.0698. The van der Waals surface area contributed by atoms with Crippen LogP contribution < -0.4 is 5.01 Å². The van der Waals surface area contributed by atoms with Gasteiger partial charge in [0, 0.05) is 41.0 Å². The molecule has 6 atom stereocenters. The van der Waals surface area contributed by atoms with Crippen LogP contribution in [0.1, 0.15) is 60.5 Å². The minimum atomic E-state index is -1.70. The molecule has 2 aliphatic rings. The Balaban J connectivity index is 1.95. The fourth-order valence-corrected chi connectivity index (χ4v) is 6.39. The van der Waals surface area contributed by atoms with Gasteiger partial charge in [0.2, 0.25) is 5.65 Å². The van der Waals surface area contributed by atoms with E-state index in [2.05, 4.69) is 20.6 Å². The van der Waals surface area contributed by atoms with Crippen molar-refractivity contribution < 1.29 is 57.2 Å². The standard InChI is InChI=1S/C27H34ClN7O12/c1-11(36)43-10-18(44-12(2)37)22(46-14(4)39)23(47-15(5)40)21(45-13(3)38)16-9-17(26(41)42-8)33-20-19(27(6,7)34(16)33)25-29-31-32-35(25)30-24(20)28/h16-18,21-23H,9-10H2,1-8H3/t16-,17-,18+,21-,22-,23+/m0/s1. The summed E-state index contributed by atoms with van der Waals surface area (Å²) in [5, 5.41) is 19.0. The Morgan fingerprint density at radius 2 is 1.49 bits per heavy atom. The molecule has 20 heteroatoms. The molecule has 0 amide bonds. The summed E-state index contributed by atoms with van der Waals surface area (Å²) in [4.78, 5) is 75.0. The first-order valence-corrected chi connectivity index (χ1v) is 14.6. The predicted molar refractivity (Wildman–Crippen MR) is 154 cm³/mol. The van der Waals surface area contributed by atoms with Crippen LogP contribution in [0.25, 0.3) is 5.65 Å². The van der Waals surface area contributed by atoms with Crippen molar-refractivity contribution in [1.29, 1.82) is 0 Å². The second-order valence-electron chi connectivity index (χ2n) is 11.3. The Bertz CT molecular complexity index is 1600. The maximum absolute atomic E-state index is 13.3. The summed E-state index contributed by atoms with van der Waals surface area (Å²) in [6.07, 6.45) is -6.60. The van der Waals surface area contributed by atoms with E-state index in [-0.39, 0.29) is 22.9 Å². The number of aromatic nitrogens is 5. The first-order chi connectivity index (χ1) is 22.0. The molecular weight excluding hydrogens is 650 g/mol. The van der Waals surface area contributed by atoms with Gasteiger partial charge in [-0.2, -0.15) is 0 Å². The van der Waals surface area contributed by atoms with E-state index in [0.29, 0.717) is 5.56 Å². The zero-order chi connectivity index (χ0) is 35.0. The van der Waals surface area contributed by atoms with Crippen LogP contribution in [-0.2, 0) is 62.7 Å². The minimum Gasteiger partial charge on any atom is -0.467 e. The van der Waals surface area contributed by atoms with Crippen LogP contribution in [0, 0.1) is 0 Å². The van der Waals surface area contributed by atoms with Crippen molar-refractivity contribution in [3.05, 3.63) is 10.7 Å². The van der Waals surface area contributed by atoms with E-state index < -0.39 is 84.5 Å². The first kappa shape index (κ1) is 35.2. The third kappa shape index (κ3) is 6.90. The lowest BCUT2D eigenvalue weighted by Gasteiger charge is -2.43. The zero-order valence-corrected chi connectivity index (χ0v) is 27.5.